The molecule has 0 aliphatic carbocycles. The van der Waals surface area contributed by atoms with E-state index >= 15 is 0 Å². The van der Waals surface area contributed by atoms with Crippen molar-refractivity contribution in [3.63, 3.8) is 0 Å². The average Bonchev–Trinajstić information content (AvgIpc) is 3.00. The summed E-state index contributed by atoms with van der Waals surface area (Å²) in [4.78, 5) is 0. The maximum Gasteiger partial charge on any atom is 0.127 e. The molecule has 1 aliphatic rings. The van der Waals surface area contributed by atoms with Crippen molar-refractivity contribution in [3.8, 4) is 11.5 Å². The van der Waals surface area contributed by atoms with Crippen LogP contribution in [0.1, 0.15) is 34.7 Å². The van der Waals surface area contributed by atoms with E-state index in [4.69, 9.17) is 4.74 Å². The topological polar surface area (TPSA) is 53.9 Å². The van der Waals surface area contributed by atoms with Gasteiger partial charge in [0, 0.05) is 17.5 Å². The molecule has 0 amide bonds. The second-order valence-corrected chi connectivity index (χ2v) is 5.66. The summed E-state index contributed by atoms with van der Waals surface area (Å²) < 4.78 is 5.42. The third-order valence-corrected chi connectivity index (χ3v) is 4.02. The van der Waals surface area contributed by atoms with Crippen LogP contribution in [-0.4, -0.2) is 17.9 Å². The van der Waals surface area contributed by atoms with Crippen LogP contribution in [0.15, 0.2) is 41.5 Å². The lowest BCUT2D eigenvalue weighted by Crippen LogP contribution is -2.11. The lowest BCUT2D eigenvalue weighted by Gasteiger charge is -2.14. The quantitative estimate of drug-likeness (QED) is 0.912. The van der Waals surface area contributed by atoms with Gasteiger partial charge in [-0.1, -0.05) is 24.3 Å². The van der Waals surface area contributed by atoms with Crippen LogP contribution in [0.3, 0.4) is 0 Å². The van der Waals surface area contributed by atoms with E-state index in [2.05, 4.69) is 10.5 Å². The van der Waals surface area contributed by atoms with Crippen LogP contribution in [0.5, 0.6) is 11.5 Å². The van der Waals surface area contributed by atoms with Gasteiger partial charge in [0.2, 0.25) is 0 Å². The van der Waals surface area contributed by atoms with E-state index in [0.717, 1.165) is 40.1 Å². The van der Waals surface area contributed by atoms with Crippen LogP contribution >= 0.6 is 0 Å². The first-order valence-corrected chi connectivity index (χ1v) is 7.35. The van der Waals surface area contributed by atoms with Crippen molar-refractivity contribution in [1.82, 2.24) is 5.43 Å². The minimum atomic E-state index is 0.0615. The molecule has 0 unspecified atom stereocenters. The van der Waals surface area contributed by atoms with Gasteiger partial charge in [-0.3, -0.25) is 0 Å². The number of phenols is 1. The molecule has 1 aliphatic heterocycles. The van der Waals surface area contributed by atoms with Crippen LogP contribution in [-0.2, 0) is 0 Å². The molecule has 2 aromatic rings. The summed E-state index contributed by atoms with van der Waals surface area (Å²) in [5.74, 6) is 1.16. The van der Waals surface area contributed by atoms with E-state index < -0.39 is 0 Å². The zero-order valence-corrected chi connectivity index (χ0v) is 13.1. The van der Waals surface area contributed by atoms with Crippen molar-refractivity contribution < 1.29 is 9.84 Å². The zero-order valence-electron chi connectivity index (χ0n) is 13.1. The van der Waals surface area contributed by atoms with Crippen molar-refractivity contribution in [2.75, 3.05) is 7.11 Å². The van der Waals surface area contributed by atoms with Gasteiger partial charge < -0.3 is 15.3 Å². The second-order valence-electron chi connectivity index (χ2n) is 5.66. The number of methoxy groups -OCH3 is 1. The summed E-state index contributed by atoms with van der Waals surface area (Å²) in [5.41, 5.74) is 7.91. The molecular weight excluding hydrogens is 276 g/mol. The van der Waals surface area contributed by atoms with Crippen molar-refractivity contribution in [3.05, 3.63) is 58.7 Å². The van der Waals surface area contributed by atoms with E-state index in [0.29, 0.717) is 5.75 Å². The number of hydrogen-bond donors (Lipinski definition) is 2. The van der Waals surface area contributed by atoms with Crippen LogP contribution in [0.25, 0.3) is 0 Å². The highest BCUT2D eigenvalue weighted by Gasteiger charge is 2.25. The molecule has 0 saturated heterocycles. The third kappa shape index (κ3) is 2.52. The predicted molar refractivity (Wildman–Crippen MR) is 87.6 cm³/mol. The molecule has 0 aromatic heterocycles. The molecular formula is C18H20N2O2. The Morgan fingerprint density at radius 3 is 2.77 bits per heavy atom. The summed E-state index contributed by atoms with van der Waals surface area (Å²) in [7, 11) is 1.67. The Bertz CT molecular complexity index is 738. The molecule has 1 atom stereocenters. The normalized spacial score (nSPS) is 17.0. The number of aryl methyl sites for hydroxylation is 2. The van der Waals surface area contributed by atoms with Gasteiger partial charge in [-0.2, -0.15) is 5.10 Å². The van der Waals surface area contributed by atoms with Crippen LogP contribution in [0, 0.1) is 13.8 Å². The Hall–Kier alpha value is -2.49. The van der Waals surface area contributed by atoms with Gasteiger partial charge in [0.25, 0.3) is 0 Å². The summed E-state index contributed by atoms with van der Waals surface area (Å²) >= 11 is 0. The highest BCUT2D eigenvalue weighted by atomic mass is 16.5. The van der Waals surface area contributed by atoms with Crippen molar-refractivity contribution in [2.45, 2.75) is 26.3 Å². The van der Waals surface area contributed by atoms with Gasteiger partial charge in [0.05, 0.1) is 18.9 Å². The Morgan fingerprint density at radius 2 is 2.00 bits per heavy atom. The molecule has 22 heavy (non-hydrogen) atoms. The van der Waals surface area contributed by atoms with Gasteiger partial charge in [-0.15, -0.1) is 0 Å². The Labute approximate surface area is 130 Å². The minimum Gasteiger partial charge on any atom is -0.507 e. The van der Waals surface area contributed by atoms with Gasteiger partial charge in [0.15, 0.2) is 0 Å². The Morgan fingerprint density at radius 1 is 1.23 bits per heavy atom. The zero-order chi connectivity index (χ0) is 15.7. The molecule has 0 fully saturated rings. The first-order chi connectivity index (χ1) is 10.6. The van der Waals surface area contributed by atoms with Gasteiger partial charge in [0.1, 0.15) is 11.5 Å². The Balaban J connectivity index is 1.89. The molecule has 0 spiro atoms. The molecule has 4 nitrogen and oxygen atoms in total. The van der Waals surface area contributed by atoms with Crippen molar-refractivity contribution >= 4 is 5.71 Å². The molecule has 0 bridgehead atoms. The van der Waals surface area contributed by atoms with E-state index in [1.807, 2.05) is 50.2 Å². The molecule has 3 rings (SSSR count). The van der Waals surface area contributed by atoms with Crippen molar-refractivity contribution in [1.29, 1.82) is 0 Å². The third-order valence-electron chi connectivity index (χ3n) is 4.02. The number of nitrogens with one attached hydrogen (secondary N) is 1. The molecule has 0 radical (unpaired) electrons. The number of ether oxygens (including phenoxy) is 1. The number of phenolic OH excluding ortho intramolecular Hbond substituents is 1. The number of rotatable bonds is 3. The first kappa shape index (κ1) is 14.4. The first-order valence-electron chi connectivity index (χ1n) is 7.35. The molecule has 2 N–H and O–H groups in total. The maximum atomic E-state index is 10.3. The summed E-state index contributed by atoms with van der Waals surface area (Å²) in [6.07, 6.45) is 0.719. The summed E-state index contributed by atoms with van der Waals surface area (Å²) in [6, 6.07) is 11.9. The number of nitrogens with zero attached hydrogens (tertiary/aromatic N) is 1. The largest absolute Gasteiger partial charge is 0.507 e. The van der Waals surface area contributed by atoms with Crippen LogP contribution in [0.2, 0.25) is 0 Å². The molecule has 114 valence electrons. The maximum absolute atomic E-state index is 10.3. The number of benzene rings is 2. The lowest BCUT2D eigenvalue weighted by molar-refractivity contribution is 0.402. The van der Waals surface area contributed by atoms with Gasteiger partial charge in [-0.05, 0) is 37.1 Å². The SMILES string of the molecule is COc1ccccc1[C@@H]1CC(c2cc(C)cc(C)c2O)=NN1. The number of para-hydroxylation sites is 1. The standard InChI is InChI=1S/C18H20N2O2/c1-11-8-12(2)18(21)14(9-11)16-10-15(19-20-16)13-6-4-5-7-17(13)22-3/h4-9,15,19,21H,10H2,1-3H3/t15-/m0/s1. The summed E-state index contributed by atoms with van der Waals surface area (Å²) in [5, 5.41) is 14.7. The molecule has 0 saturated carbocycles. The van der Waals surface area contributed by atoms with E-state index in [9.17, 15) is 5.11 Å². The van der Waals surface area contributed by atoms with E-state index in [-0.39, 0.29) is 6.04 Å². The Kier molecular flexibility index (Phi) is 3.75. The monoisotopic (exact) mass is 296 g/mol. The highest BCUT2D eigenvalue weighted by Crippen LogP contribution is 2.33. The lowest BCUT2D eigenvalue weighted by atomic mass is 9.95. The molecule has 2 aromatic carbocycles. The number of hydrogen-bond acceptors (Lipinski definition) is 4. The van der Waals surface area contributed by atoms with Crippen LogP contribution < -0.4 is 10.2 Å². The highest BCUT2D eigenvalue weighted by molar-refractivity contribution is 6.04. The summed E-state index contributed by atoms with van der Waals surface area (Å²) in [6.45, 7) is 3.93. The average molecular weight is 296 g/mol. The van der Waals surface area contributed by atoms with Crippen LogP contribution in [0.4, 0.5) is 0 Å². The molecule has 4 heteroatoms. The van der Waals surface area contributed by atoms with Gasteiger partial charge >= 0.3 is 0 Å². The van der Waals surface area contributed by atoms with E-state index in [1.165, 1.54) is 0 Å². The molecule has 1 heterocycles. The van der Waals surface area contributed by atoms with Crippen molar-refractivity contribution in [2.24, 2.45) is 5.10 Å². The predicted octanol–water partition coefficient (Wildman–Crippen LogP) is 3.46. The second kappa shape index (κ2) is 5.72. The van der Waals surface area contributed by atoms with Gasteiger partial charge in [-0.25, -0.2) is 0 Å². The number of hydrazone groups is 1. The fourth-order valence-corrected chi connectivity index (χ4v) is 2.92. The fraction of sp³-hybridized carbons (Fsp3) is 0.278. The minimum absolute atomic E-state index is 0.0615. The fourth-order valence-electron chi connectivity index (χ4n) is 2.92. The number of aromatic hydroxyl groups is 1. The smallest absolute Gasteiger partial charge is 0.127 e. The van der Waals surface area contributed by atoms with E-state index in [1.54, 1.807) is 7.11 Å².